The molecule has 0 aromatic heterocycles. The number of rotatable bonds is 1. The van der Waals surface area contributed by atoms with Crippen molar-refractivity contribution in [1.82, 2.24) is 0 Å². The van der Waals surface area contributed by atoms with Crippen LogP contribution in [-0.2, 0) is 0 Å². The van der Waals surface area contributed by atoms with Gasteiger partial charge in [-0.15, -0.1) is 0 Å². The highest BCUT2D eigenvalue weighted by Crippen LogP contribution is 2.46. The Morgan fingerprint density at radius 3 is 2.00 bits per heavy atom. The van der Waals surface area contributed by atoms with Crippen molar-refractivity contribution in [2.75, 3.05) is 0 Å². The summed E-state index contributed by atoms with van der Waals surface area (Å²) in [5.74, 6) is 0. The molecule has 0 amide bonds. The SMILES string of the molecule is O=[N+]([O-])c1c(Cl)cc2cccc3c4cccc5cccc(c1c23)c54. The maximum Gasteiger partial charge on any atom is 0.296 e. The normalized spacial score (nSPS) is 11.9. The molecule has 0 N–H and O–H groups in total. The molecular formula is C20H10ClNO2. The van der Waals surface area contributed by atoms with Crippen molar-refractivity contribution < 1.29 is 4.92 Å². The zero-order valence-corrected chi connectivity index (χ0v) is 13.2. The van der Waals surface area contributed by atoms with Gasteiger partial charge in [-0.25, -0.2) is 0 Å². The van der Waals surface area contributed by atoms with Gasteiger partial charge in [0.15, 0.2) is 0 Å². The number of fused-ring (bicyclic) bond motifs is 2. The third-order valence-electron chi connectivity index (χ3n) is 4.74. The van der Waals surface area contributed by atoms with Crippen LogP contribution in [0.3, 0.4) is 0 Å². The zero-order chi connectivity index (χ0) is 16.4. The molecule has 0 bridgehead atoms. The third kappa shape index (κ3) is 1.57. The standard InChI is InChI=1S/C20H10ClNO2/c21-16-10-12-6-3-8-14-13-7-1-4-11-5-2-9-15(17(11)13)19(18(12)14)20(16)22(23)24/h1-10H. The quantitative estimate of drug-likeness (QED) is 0.156. The number of halogens is 1. The van der Waals surface area contributed by atoms with Crippen LogP contribution in [0.1, 0.15) is 0 Å². The first kappa shape index (κ1) is 13.5. The van der Waals surface area contributed by atoms with Gasteiger partial charge in [-0.3, -0.25) is 10.1 Å². The summed E-state index contributed by atoms with van der Waals surface area (Å²) in [4.78, 5) is 11.4. The molecule has 0 saturated carbocycles. The maximum atomic E-state index is 11.7. The summed E-state index contributed by atoms with van der Waals surface area (Å²) in [6, 6.07) is 19.7. The lowest BCUT2D eigenvalue weighted by Gasteiger charge is -2.14. The van der Waals surface area contributed by atoms with E-state index in [9.17, 15) is 10.1 Å². The maximum absolute atomic E-state index is 11.7. The van der Waals surface area contributed by atoms with Gasteiger partial charge in [-0.1, -0.05) is 66.2 Å². The van der Waals surface area contributed by atoms with E-state index in [0.29, 0.717) is 5.39 Å². The first-order valence-electron chi connectivity index (χ1n) is 7.59. The molecule has 0 atom stereocenters. The fraction of sp³-hybridized carbons (Fsp3) is 0. The van der Waals surface area contributed by atoms with Crippen molar-refractivity contribution in [3.63, 3.8) is 0 Å². The van der Waals surface area contributed by atoms with Gasteiger partial charge >= 0.3 is 0 Å². The molecule has 0 saturated heterocycles. The van der Waals surface area contributed by atoms with Crippen molar-refractivity contribution in [2.45, 2.75) is 0 Å². The summed E-state index contributed by atoms with van der Waals surface area (Å²) in [5, 5.41) is 19.5. The lowest BCUT2D eigenvalue weighted by atomic mass is 9.89. The van der Waals surface area contributed by atoms with E-state index in [0.717, 1.165) is 37.7 Å². The van der Waals surface area contributed by atoms with Gasteiger partial charge in [0.25, 0.3) is 5.69 Å². The van der Waals surface area contributed by atoms with E-state index < -0.39 is 0 Å². The Balaban J connectivity index is 2.29. The minimum atomic E-state index is -0.374. The third-order valence-corrected chi connectivity index (χ3v) is 5.03. The molecule has 0 aliphatic carbocycles. The summed E-state index contributed by atoms with van der Waals surface area (Å²) >= 11 is 6.28. The molecule has 3 nitrogen and oxygen atoms in total. The Bertz CT molecular complexity index is 1290. The van der Waals surface area contributed by atoms with E-state index >= 15 is 0 Å². The first-order chi connectivity index (χ1) is 11.7. The van der Waals surface area contributed by atoms with E-state index in [2.05, 4.69) is 6.07 Å². The van der Waals surface area contributed by atoms with Gasteiger partial charge < -0.3 is 0 Å². The average Bonchev–Trinajstić information content (AvgIpc) is 2.58. The van der Waals surface area contributed by atoms with Gasteiger partial charge in [0.1, 0.15) is 5.02 Å². The van der Waals surface area contributed by atoms with Crippen LogP contribution in [0.5, 0.6) is 0 Å². The Hall–Kier alpha value is -2.91. The van der Waals surface area contributed by atoms with Crippen LogP contribution in [-0.4, -0.2) is 4.92 Å². The molecule has 0 fully saturated rings. The minimum Gasteiger partial charge on any atom is -0.258 e. The lowest BCUT2D eigenvalue weighted by molar-refractivity contribution is -0.382. The Labute approximate surface area is 141 Å². The number of nitro groups is 1. The Kier molecular flexibility index (Phi) is 2.57. The molecular weight excluding hydrogens is 322 g/mol. The summed E-state index contributed by atoms with van der Waals surface area (Å²) < 4.78 is 0. The zero-order valence-electron chi connectivity index (χ0n) is 12.4. The van der Waals surface area contributed by atoms with Gasteiger partial charge in [-0.05, 0) is 38.4 Å². The molecule has 114 valence electrons. The van der Waals surface area contributed by atoms with E-state index in [-0.39, 0.29) is 15.6 Å². The van der Waals surface area contributed by atoms with Crippen LogP contribution in [0.4, 0.5) is 5.69 Å². The fourth-order valence-corrected chi connectivity index (χ4v) is 4.13. The van der Waals surface area contributed by atoms with Crippen LogP contribution >= 0.6 is 11.6 Å². The molecule has 4 heteroatoms. The molecule has 5 aromatic rings. The molecule has 0 aliphatic rings. The predicted molar refractivity (Wildman–Crippen MR) is 99.3 cm³/mol. The molecule has 0 unspecified atom stereocenters. The van der Waals surface area contributed by atoms with E-state index in [1.54, 1.807) is 6.07 Å². The number of benzene rings is 5. The van der Waals surface area contributed by atoms with Crippen molar-refractivity contribution in [1.29, 1.82) is 0 Å². The van der Waals surface area contributed by atoms with Crippen LogP contribution in [0.15, 0.2) is 60.7 Å². The fourth-order valence-electron chi connectivity index (χ4n) is 3.85. The van der Waals surface area contributed by atoms with Crippen LogP contribution in [0.2, 0.25) is 5.02 Å². The summed E-state index contributed by atoms with van der Waals surface area (Å²) in [6.07, 6.45) is 0. The van der Waals surface area contributed by atoms with E-state index in [4.69, 9.17) is 11.6 Å². The van der Waals surface area contributed by atoms with Gasteiger partial charge in [0.2, 0.25) is 0 Å². The second-order valence-electron chi connectivity index (χ2n) is 5.95. The highest BCUT2D eigenvalue weighted by Gasteiger charge is 2.23. The smallest absolute Gasteiger partial charge is 0.258 e. The van der Waals surface area contributed by atoms with Crippen LogP contribution < -0.4 is 0 Å². The van der Waals surface area contributed by atoms with Gasteiger partial charge in [0.05, 0.1) is 10.3 Å². The second kappa shape index (κ2) is 4.56. The van der Waals surface area contributed by atoms with Crippen molar-refractivity contribution in [3.8, 4) is 0 Å². The molecule has 0 aliphatic heterocycles. The molecule has 24 heavy (non-hydrogen) atoms. The van der Waals surface area contributed by atoms with Gasteiger partial charge in [0, 0.05) is 5.39 Å². The molecule has 0 spiro atoms. The molecule has 0 heterocycles. The number of nitrogens with zero attached hydrogens (tertiary/aromatic N) is 1. The monoisotopic (exact) mass is 331 g/mol. The van der Waals surface area contributed by atoms with Gasteiger partial charge in [-0.2, -0.15) is 0 Å². The number of hydrogen-bond acceptors (Lipinski definition) is 2. The first-order valence-corrected chi connectivity index (χ1v) is 7.97. The lowest BCUT2D eigenvalue weighted by Crippen LogP contribution is -1.94. The topological polar surface area (TPSA) is 43.1 Å². The van der Waals surface area contributed by atoms with Crippen molar-refractivity contribution >= 4 is 60.4 Å². The van der Waals surface area contributed by atoms with Crippen LogP contribution in [0.25, 0.3) is 43.1 Å². The van der Waals surface area contributed by atoms with Crippen molar-refractivity contribution in [3.05, 3.63) is 75.8 Å². The second-order valence-corrected chi connectivity index (χ2v) is 6.36. The van der Waals surface area contributed by atoms with E-state index in [1.165, 1.54) is 0 Å². The highest BCUT2D eigenvalue weighted by molar-refractivity contribution is 6.40. The average molecular weight is 332 g/mol. The van der Waals surface area contributed by atoms with Crippen molar-refractivity contribution in [2.24, 2.45) is 0 Å². The Morgan fingerprint density at radius 1 is 0.750 bits per heavy atom. The molecule has 5 aromatic carbocycles. The number of hydrogen-bond donors (Lipinski definition) is 0. The number of nitro benzene ring substituents is 1. The largest absolute Gasteiger partial charge is 0.296 e. The highest BCUT2D eigenvalue weighted by atomic mass is 35.5. The summed E-state index contributed by atoms with van der Waals surface area (Å²) in [6.45, 7) is 0. The summed E-state index contributed by atoms with van der Waals surface area (Å²) in [5.41, 5.74) is -0.0152. The molecule has 0 radical (unpaired) electrons. The Morgan fingerprint density at radius 2 is 1.33 bits per heavy atom. The predicted octanol–water partition coefficient (Wildman–Crippen LogP) is 6.30. The molecule has 5 rings (SSSR count). The summed E-state index contributed by atoms with van der Waals surface area (Å²) in [7, 11) is 0. The van der Waals surface area contributed by atoms with Crippen LogP contribution in [0, 0.1) is 10.1 Å². The minimum absolute atomic E-state index is 0.0152. The van der Waals surface area contributed by atoms with E-state index in [1.807, 2.05) is 48.5 Å².